The average molecular weight is 311 g/mol. The van der Waals surface area contributed by atoms with Gasteiger partial charge in [-0.2, -0.15) is 5.26 Å². The van der Waals surface area contributed by atoms with Crippen LogP contribution in [0.15, 0.2) is 46.3 Å². The van der Waals surface area contributed by atoms with E-state index in [2.05, 4.69) is 11.6 Å². The van der Waals surface area contributed by atoms with E-state index in [9.17, 15) is 0 Å². The molecule has 1 aromatic rings. The molecule has 0 heterocycles. The number of methoxy groups -OCH3 is 1. The van der Waals surface area contributed by atoms with Crippen LogP contribution in [0, 0.1) is 11.3 Å². The van der Waals surface area contributed by atoms with Crippen molar-refractivity contribution >= 4 is 28.9 Å². The summed E-state index contributed by atoms with van der Waals surface area (Å²) in [5.74, 6) is 0.435. The smallest absolute Gasteiger partial charge is 0.138 e. The maximum Gasteiger partial charge on any atom is 0.138 e. The van der Waals surface area contributed by atoms with Gasteiger partial charge < -0.3 is 16.2 Å². The number of hydrogen-bond donors (Lipinski definition) is 2. The molecule has 0 unspecified atom stereocenters. The van der Waals surface area contributed by atoms with E-state index >= 15 is 0 Å². The van der Waals surface area contributed by atoms with Gasteiger partial charge in [0.15, 0.2) is 0 Å². The molecule has 1 rings (SSSR count). The van der Waals surface area contributed by atoms with Crippen LogP contribution in [-0.4, -0.2) is 12.8 Å². The lowest BCUT2D eigenvalue weighted by Crippen LogP contribution is -2.11. The zero-order valence-corrected chi connectivity index (χ0v) is 12.2. The first kappa shape index (κ1) is 15.9. The summed E-state index contributed by atoms with van der Waals surface area (Å²) in [5.41, 5.74) is 11.7. The number of rotatable bonds is 4. The van der Waals surface area contributed by atoms with Gasteiger partial charge in [-0.15, -0.1) is 0 Å². The van der Waals surface area contributed by atoms with Gasteiger partial charge in [0.05, 0.1) is 17.8 Å². The van der Waals surface area contributed by atoms with Gasteiger partial charge in [0, 0.05) is 5.56 Å². The van der Waals surface area contributed by atoms with Crippen molar-refractivity contribution in [3.8, 4) is 11.8 Å². The van der Waals surface area contributed by atoms with Crippen LogP contribution in [0.25, 0.3) is 0 Å². The SMILES string of the molecule is C=C(N)/N=C(\C(C#N)=C(/N)Cl)c1ccc(Cl)c(OC)c1. The maximum absolute atomic E-state index is 9.14. The van der Waals surface area contributed by atoms with Crippen molar-refractivity contribution in [3.63, 3.8) is 0 Å². The van der Waals surface area contributed by atoms with Crippen molar-refractivity contribution in [1.29, 1.82) is 5.26 Å². The quantitative estimate of drug-likeness (QED) is 0.507. The van der Waals surface area contributed by atoms with Crippen LogP contribution in [0.5, 0.6) is 5.75 Å². The summed E-state index contributed by atoms with van der Waals surface area (Å²) >= 11 is 11.7. The molecule has 0 aliphatic heterocycles. The minimum absolute atomic E-state index is 0.0114. The number of nitriles is 1. The fourth-order valence-electron chi connectivity index (χ4n) is 1.43. The molecular weight excluding hydrogens is 299 g/mol. The second-order valence-electron chi connectivity index (χ2n) is 3.64. The summed E-state index contributed by atoms with van der Waals surface area (Å²) in [6, 6.07) is 6.72. The largest absolute Gasteiger partial charge is 0.495 e. The van der Waals surface area contributed by atoms with Crippen molar-refractivity contribution in [1.82, 2.24) is 0 Å². The number of nitrogens with two attached hydrogens (primary N) is 2. The first-order valence-electron chi connectivity index (χ1n) is 5.33. The van der Waals surface area contributed by atoms with Crippen molar-refractivity contribution in [2.45, 2.75) is 0 Å². The summed E-state index contributed by atoms with van der Waals surface area (Å²) in [7, 11) is 1.47. The van der Waals surface area contributed by atoms with Gasteiger partial charge in [-0.1, -0.05) is 35.8 Å². The predicted molar refractivity (Wildman–Crippen MR) is 80.5 cm³/mol. The van der Waals surface area contributed by atoms with Crippen molar-refractivity contribution < 1.29 is 4.74 Å². The Morgan fingerprint density at radius 1 is 1.45 bits per heavy atom. The minimum atomic E-state index is -0.193. The fraction of sp³-hybridized carbons (Fsp3) is 0.0769. The molecule has 0 radical (unpaired) electrons. The molecule has 0 aromatic heterocycles. The van der Waals surface area contributed by atoms with Crippen LogP contribution in [0.1, 0.15) is 5.56 Å². The summed E-state index contributed by atoms with van der Waals surface area (Å²) in [5, 5.41) is 9.37. The monoisotopic (exact) mass is 310 g/mol. The van der Waals surface area contributed by atoms with Crippen LogP contribution in [0.4, 0.5) is 0 Å². The molecule has 7 heteroatoms. The summed E-state index contributed by atoms with van der Waals surface area (Å²) in [6.07, 6.45) is 0. The molecule has 0 aliphatic carbocycles. The first-order chi connectivity index (χ1) is 9.40. The number of aliphatic imine (C=N–C) groups is 1. The van der Waals surface area contributed by atoms with Crippen molar-refractivity contribution in [2.75, 3.05) is 7.11 Å². The molecule has 4 N–H and O–H groups in total. The van der Waals surface area contributed by atoms with Crippen LogP contribution >= 0.6 is 23.2 Å². The minimum Gasteiger partial charge on any atom is -0.495 e. The third-order valence-electron chi connectivity index (χ3n) is 2.27. The Bertz CT molecular complexity index is 640. The lowest BCUT2D eigenvalue weighted by Gasteiger charge is -2.09. The average Bonchev–Trinajstić information content (AvgIpc) is 2.38. The van der Waals surface area contributed by atoms with Gasteiger partial charge in [0.25, 0.3) is 0 Å². The Labute approximate surface area is 126 Å². The molecule has 104 valence electrons. The van der Waals surface area contributed by atoms with Crippen LogP contribution in [-0.2, 0) is 0 Å². The van der Waals surface area contributed by atoms with Gasteiger partial charge >= 0.3 is 0 Å². The van der Waals surface area contributed by atoms with Crippen molar-refractivity contribution in [2.24, 2.45) is 16.5 Å². The number of nitrogens with zero attached hydrogens (tertiary/aromatic N) is 2. The summed E-state index contributed by atoms with van der Waals surface area (Å²) < 4.78 is 5.11. The van der Waals surface area contributed by atoms with Gasteiger partial charge in [-0.3, -0.25) is 0 Å². The molecule has 0 saturated heterocycles. The highest BCUT2D eigenvalue weighted by atomic mass is 35.5. The molecule has 0 amide bonds. The molecule has 0 saturated carbocycles. The Morgan fingerprint density at radius 2 is 2.10 bits per heavy atom. The zero-order valence-electron chi connectivity index (χ0n) is 10.7. The van der Waals surface area contributed by atoms with E-state index in [1.807, 2.05) is 6.07 Å². The number of benzene rings is 1. The highest BCUT2D eigenvalue weighted by molar-refractivity contribution is 6.34. The standard InChI is InChI=1S/C13H12Cl2N4O/c1-7(17)19-12(9(6-16)13(15)18)8-3-4-10(14)11(5-8)20-2/h3-5H,1,17-18H2,2H3/b13-9-,19-12-. The van der Waals surface area contributed by atoms with E-state index in [0.717, 1.165) is 0 Å². The first-order valence-corrected chi connectivity index (χ1v) is 6.09. The Kier molecular flexibility index (Phi) is 5.44. The second-order valence-corrected chi connectivity index (χ2v) is 4.45. The lowest BCUT2D eigenvalue weighted by atomic mass is 10.0. The van der Waals surface area contributed by atoms with Gasteiger partial charge in [0.1, 0.15) is 28.4 Å². The number of hydrogen-bond acceptors (Lipinski definition) is 5. The second kappa shape index (κ2) is 6.85. The van der Waals surface area contributed by atoms with Gasteiger partial charge in [-0.25, -0.2) is 4.99 Å². The Hall–Kier alpha value is -2.16. The van der Waals surface area contributed by atoms with Crippen LogP contribution in [0.2, 0.25) is 5.02 Å². The topological polar surface area (TPSA) is 97.4 Å². The third kappa shape index (κ3) is 3.67. The van der Waals surface area contributed by atoms with Crippen LogP contribution in [0.3, 0.4) is 0 Å². The summed E-state index contributed by atoms with van der Waals surface area (Å²) in [6.45, 7) is 3.47. The lowest BCUT2D eigenvalue weighted by molar-refractivity contribution is 0.415. The third-order valence-corrected chi connectivity index (χ3v) is 2.77. The van der Waals surface area contributed by atoms with E-state index in [0.29, 0.717) is 16.3 Å². The molecule has 20 heavy (non-hydrogen) atoms. The highest BCUT2D eigenvalue weighted by Crippen LogP contribution is 2.27. The van der Waals surface area contributed by atoms with E-state index in [4.69, 9.17) is 44.7 Å². The summed E-state index contributed by atoms with van der Waals surface area (Å²) in [4.78, 5) is 4.00. The molecule has 0 spiro atoms. The molecule has 0 fully saturated rings. The molecule has 5 nitrogen and oxygen atoms in total. The molecule has 0 aliphatic rings. The van der Waals surface area contributed by atoms with Gasteiger partial charge in [0.2, 0.25) is 0 Å². The molecule has 0 bridgehead atoms. The zero-order chi connectivity index (χ0) is 15.3. The van der Waals surface area contributed by atoms with E-state index in [-0.39, 0.29) is 22.3 Å². The number of ether oxygens (including phenoxy) is 1. The van der Waals surface area contributed by atoms with Gasteiger partial charge in [-0.05, 0) is 12.1 Å². The van der Waals surface area contributed by atoms with E-state index < -0.39 is 0 Å². The Morgan fingerprint density at radius 3 is 2.55 bits per heavy atom. The Balaban J connectivity index is 3.53. The molecule has 0 atom stereocenters. The normalized spacial score (nSPS) is 12.4. The van der Waals surface area contributed by atoms with Crippen LogP contribution < -0.4 is 16.2 Å². The maximum atomic E-state index is 9.14. The number of allylic oxidation sites excluding steroid dienone is 1. The van der Waals surface area contributed by atoms with E-state index in [1.54, 1.807) is 18.2 Å². The van der Waals surface area contributed by atoms with Crippen molar-refractivity contribution in [3.05, 3.63) is 51.9 Å². The number of halogens is 2. The highest BCUT2D eigenvalue weighted by Gasteiger charge is 2.15. The fourth-order valence-corrected chi connectivity index (χ4v) is 1.76. The molecule has 1 aromatic carbocycles. The predicted octanol–water partition coefficient (Wildman–Crippen LogP) is 2.50. The van der Waals surface area contributed by atoms with E-state index in [1.165, 1.54) is 7.11 Å². The molecular formula is C13H12Cl2N4O.